The van der Waals surface area contributed by atoms with Gasteiger partial charge in [0.2, 0.25) is 0 Å². The number of thiazole rings is 1. The summed E-state index contributed by atoms with van der Waals surface area (Å²) in [4.78, 5) is 27.1. The van der Waals surface area contributed by atoms with Crippen LogP contribution in [0.5, 0.6) is 5.75 Å². The molecule has 0 atom stereocenters. The Labute approximate surface area is 197 Å². The molecule has 0 bridgehead atoms. The molecule has 1 amide bonds. The van der Waals surface area contributed by atoms with Gasteiger partial charge in [-0.15, -0.1) is 0 Å². The van der Waals surface area contributed by atoms with Crippen LogP contribution in [0.4, 0.5) is 5.13 Å². The normalized spacial score (nSPS) is 10.6. The van der Waals surface area contributed by atoms with Crippen molar-refractivity contribution >= 4 is 32.7 Å². The highest BCUT2D eigenvalue weighted by Crippen LogP contribution is 2.32. The zero-order valence-corrected chi connectivity index (χ0v) is 18.6. The minimum Gasteiger partial charge on any atom is -0.496 e. The number of para-hydroxylation sites is 1. The van der Waals surface area contributed by atoms with Crippen LogP contribution in [0.25, 0.3) is 32.9 Å². The molecule has 0 saturated heterocycles. The molecule has 4 heterocycles. The Morgan fingerprint density at radius 1 is 0.971 bits per heavy atom. The molecule has 5 aromatic rings. The van der Waals surface area contributed by atoms with Gasteiger partial charge in [0.15, 0.2) is 5.13 Å². The fourth-order valence-corrected chi connectivity index (χ4v) is 4.21. The van der Waals surface area contributed by atoms with Crippen molar-refractivity contribution in [3.63, 3.8) is 0 Å². The summed E-state index contributed by atoms with van der Waals surface area (Å²) in [5.41, 5.74) is 4.09. The van der Waals surface area contributed by atoms with Gasteiger partial charge >= 0.3 is 0 Å². The zero-order valence-electron chi connectivity index (χ0n) is 17.8. The number of fused-ring (bicyclic) bond motifs is 1. The highest BCUT2D eigenvalue weighted by atomic mass is 32.1. The maximum Gasteiger partial charge on any atom is 0.259 e. The largest absolute Gasteiger partial charge is 0.496 e. The number of ether oxygens (including phenoxy) is 1. The number of carbonyl (C=O) groups is 1. The summed E-state index contributed by atoms with van der Waals surface area (Å²) in [6.45, 7) is 0. The molecule has 5 rings (SSSR count). The van der Waals surface area contributed by atoms with E-state index in [1.807, 2.05) is 36.4 Å². The number of nitrogens with zero attached hydrogens (tertiary/aromatic N) is 6. The van der Waals surface area contributed by atoms with Crippen molar-refractivity contribution in [3.8, 4) is 34.3 Å². The summed E-state index contributed by atoms with van der Waals surface area (Å²) in [5.74, 6) is 0.251. The molecular weight excluding hydrogens is 450 g/mol. The molecule has 0 radical (unpaired) electrons. The number of methoxy groups -OCH3 is 1. The second kappa shape index (κ2) is 9.01. The van der Waals surface area contributed by atoms with E-state index in [2.05, 4.69) is 30.5 Å². The number of nitriles is 1. The first-order valence-corrected chi connectivity index (χ1v) is 10.9. The molecule has 10 heteroatoms. The number of pyridine rings is 2. The van der Waals surface area contributed by atoms with Crippen LogP contribution >= 0.6 is 11.3 Å². The monoisotopic (exact) mass is 465 g/mol. The molecule has 0 aliphatic rings. The molecule has 34 heavy (non-hydrogen) atoms. The summed E-state index contributed by atoms with van der Waals surface area (Å²) in [6, 6.07) is 16.5. The SMILES string of the molecule is COc1ccccc1-c1cnncc1C(=O)Nc1nc2ccc(-c3ccc(C#N)cn3)nc2s1. The number of amides is 1. The van der Waals surface area contributed by atoms with E-state index >= 15 is 0 Å². The van der Waals surface area contributed by atoms with Crippen LogP contribution in [0.2, 0.25) is 0 Å². The molecule has 164 valence electrons. The van der Waals surface area contributed by atoms with Crippen molar-refractivity contribution < 1.29 is 9.53 Å². The Bertz CT molecular complexity index is 1560. The van der Waals surface area contributed by atoms with Crippen LogP contribution in [0, 0.1) is 11.3 Å². The van der Waals surface area contributed by atoms with Gasteiger partial charge in [0, 0.05) is 17.3 Å². The number of hydrogen-bond donors (Lipinski definition) is 1. The van der Waals surface area contributed by atoms with Crippen molar-refractivity contribution in [2.24, 2.45) is 0 Å². The lowest BCUT2D eigenvalue weighted by Gasteiger charge is -2.11. The fourth-order valence-electron chi connectivity index (χ4n) is 3.37. The van der Waals surface area contributed by atoms with Crippen LogP contribution in [0.1, 0.15) is 15.9 Å². The molecule has 1 N–H and O–H groups in total. The molecule has 0 aliphatic heterocycles. The van der Waals surface area contributed by atoms with Crippen molar-refractivity contribution in [3.05, 3.63) is 78.2 Å². The van der Waals surface area contributed by atoms with E-state index in [1.54, 1.807) is 25.3 Å². The lowest BCUT2D eigenvalue weighted by atomic mass is 10.0. The number of rotatable bonds is 5. The molecule has 0 fully saturated rings. The Morgan fingerprint density at radius 3 is 2.59 bits per heavy atom. The number of anilines is 1. The molecular formula is C24H15N7O2S. The van der Waals surface area contributed by atoms with Crippen molar-refractivity contribution in [1.29, 1.82) is 5.26 Å². The first kappa shape index (κ1) is 21.1. The predicted molar refractivity (Wildman–Crippen MR) is 127 cm³/mol. The molecule has 1 aromatic carbocycles. The Kier molecular flexibility index (Phi) is 5.60. The number of nitrogens with one attached hydrogen (secondary N) is 1. The molecule has 9 nitrogen and oxygen atoms in total. The van der Waals surface area contributed by atoms with Crippen LogP contribution < -0.4 is 10.1 Å². The van der Waals surface area contributed by atoms with E-state index in [4.69, 9.17) is 10.00 Å². The van der Waals surface area contributed by atoms with Gasteiger partial charge in [0.05, 0.1) is 42.0 Å². The van der Waals surface area contributed by atoms with Gasteiger partial charge in [0.1, 0.15) is 22.2 Å². The number of carbonyl (C=O) groups excluding carboxylic acids is 1. The minimum atomic E-state index is -0.371. The van der Waals surface area contributed by atoms with E-state index in [1.165, 1.54) is 29.9 Å². The first-order chi connectivity index (χ1) is 16.7. The summed E-state index contributed by atoms with van der Waals surface area (Å²) in [6.07, 6.45) is 4.45. The van der Waals surface area contributed by atoms with E-state index in [-0.39, 0.29) is 5.91 Å². The average Bonchev–Trinajstić information content (AvgIpc) is 3.30. The van der Waals surface area contributed by atoms with Gasteiger partial charge in [-0.05, 0) is 30.3 Å². The molecule has 0 unspecified atom stereocenters. The van der Waals surface area contributed by atoms with Crippen molar-refractivity contribution in [2.45, 2.75) is 0 Å². The zero-order chi connectivity index (χ0) is 23.5. The first-order valence-electron chi connectivity index (χ1n) is 10.1. The van der Waals surface area contributed by atoms with Crippen LogP contribution in [0.15, 0.2) is 67.1 Å². The van der Waals surface area contributed by atoms with Gasteiger partial charge in [-0.25, -0.2) is 9.97 Å². The summed E-state index contributed by atoms with van der Waals surface area (Å²) in [7, 11) is 1.57. The third-order valence-electron chi connectivity index (χ3n) is 5.00. The predicted octanol–water partition coefficient (Wildman–Crippen LogP) is 4.34. The second-order valence-electron chi connectivity index (χ2n) is 7.05. The maximum absolute atomic E-state index is 13.1. The van der Waals surface area contributed by atoms with Crippen molar-refractivity contribution in [2.75, 3.05) is 12.4 Å². The second-order valence-corrected chi connectivity index (χ2v) is 8.03. The van der Waals surface area contributed by atoms with E-state index in [0.29, 0.717) is 49.3 Å². The average molecular weight is 465 g/mol. The summed E-state index contributed by atoms with van der Waals surface area (Å²) in [5, 5.41) is 20.0. The third kappa shape index (κ3) is 4.03. The van der Waals surface area contributed by atoms with Gasteiger partial charge in [-0.1, -0.05) is 29.5 Å². The Hall–Kier alpha value is -4.75. The highest BCUT2D eigenvalue weighted by molar-refractivity contribution is 7.22. The van der Waals surface area contributed by atoms with E-state index in [0.717, 1.165) is 5.56 Å². The van der Waals surface area contributed by atoms with E-state index < -0.39 is 0 Å². The number of aromatic nitrogens is 5. The lowest BCUT2D eigenvalue weighted by molar-refractivity contribution is 0.102. The van der Waals surface area contributed by atoms with E-state index in [9.17, 15) is 4.79 Å². The van der Waals surface area contributed by atoms with Crippen LogP contribution in [-0.2, 0) is 0 Å². The van der Waals surface area contributed by atoms with Crippen LogP contribution in [0.3, 0.4) is 0 Å². The Balaban J connectivity index is 1.44. The van der Waals surface area contributed by atoms with Gasteiger partial charge in [-0.3, -0.25) is 15.1 Å². The van der Waals surface area contributed by atoms with Gasteiger partial charge in [0.25, 0.3) is 5.91 Å². The topological polar surface area (TPSA) is 127 Å². The summed E-state index contributed by atoms with van der Waals surface area (Å²) < 4.78 is 5.43. The van der Waals surface area contributed by atoms with Gasteiger partial charge < -0.3 is 4.74 Å². The third-order valence-corrected chi connectivity index (χ3v) is 5.88. The molecule has 4 aromatic heterocycles. The quantitative estimate of drug-likeness (QED) is 0.406. The van der Waals surface area contributed by atoms with Gasteiger partial charge in [-0.2, -0.15) is 15.5 Å². The standard InChI is InChI=1S/C24H15N7O2S/c1-33-21-5-3-2-4-15(21)16-12-27-28-13-17(16)22(32)31-24-30-20-9-8-19(29-23(20)34-24)18-7-6-14(10-25)11-26-18/h2-9,11-13H,1H3,(H,30,31,32). The Morgan fingerprint density at radius 2 is 1.79 bits per heavy atom. The molecule has 0 aliphatic carbocycles. The van der Waals surface area contributed by atoms with Crippen molar-refractivity contribution in [1.82, 2.24) is 25.1 Å². The molecule has 0 spiro atoms. The number of benzene rings is 1. The van der Waals surface area contributed by atoms with Crippen LogP contribution in [-0.4, -0.2) is 38.2 Å². The molecule has 0 saturated carbocycles. The number of hydrogen-bond acceptors (Lipinski definition) is 9. The fraction of sp³-hybridized carbons (Fsp3) is 0.0417. The summed E-state index contributed by atoms with van der Waals surface area (Å²) >= 11 is 1.25. The highest BCUT2D eigenvalue weighted by Gasteiger charge is 2.18. The minimum absolute atomic E-state index is 0.342. The lowest BCUT2D eigenvalue weighted by Crippen LogP contribution is -2.14. The maximum atomic E-state index is 13.1. The smallest absolute Gasteiger partial charge is 0.259 e.